The van der Waals surface area contributed by atoms with Gasteiger partial charge in [-0.25, -0.2) is 0 Å². The molecule has 0 bridgehead atoms. The minimum atomic E-state index is 0.421. The molecular weight excluding hydrogens is 304 g/mol. The van der Waals surface area contributed by atoms with Crippen LogP contribution >= 0.6 is 39.3 Å². The van der Waals surface area contributed by atoms with E-state index in [9.17, 15) is 0 Å². The maximum atomic E-state index is 5.87. The van der Waals surface area contributed by atoms with Gasteiger partial charge in [-0.2, -0.15) is 0 Å². The van der Waals surface area contributed by atoms with Crippen LogP contribution in [0.1, 0.15) is 26.7 Å². The molecule has 0 atom stereocenters. The molecular formula is C13H18BrClS. The first kappa shape index (κ1) is 14.4. The van der Waals surface area contributed by atoms with Crippen molar-refractivity contribution in [3.05, 3.63) is 29.3 Å². The summed E-state index contributed by atoms with van der Waals surface area (Å²) in [6.45, 7) is 4.54. The lowest BCUT2D eigenvalue weighted by molar-refractivity contribution is 0.359. The number of hydrogen-bond donors (Lipinski definition) is 0. The highest BCUT2D eigenvalue weighted by molar-refractivity contribution is 9.09. The van der Waals surface area contributed by atoms with Gasteiger partial charge in [-0.3, -0.25) is 0 Å². The predicted molar refractivity (Wildman–Crippen MR) is 79.0 cm³/mol. The highest BCUT2D eigenvalue weighted by Crippen LogP contribution is 2.35. The molecule has 0 saturated carbocycles. The van der Waals surface area contributed by atoms with E-state index in [1.807, 2.05) is 23.9 Å². The molecule has 0 radical (unpaired) electrons. The van der Waals surface area contributed by atoms with E-state index in [0.29, 0.717) is 5.41 Å². The number of rotatable bonds is 6. The zero-order chi connectivity index (χ0) is 12.0. The fourth-order valence-electron chi connectivity index (χ4n) is 1.45. The van der Waals surface area contributed by atoms with Crippen molar-refractivity contribution in [1.29, 1.82) is 0 Å². The Hall–Kier alpha value is 0.340. The van der Waals surface area contributed by atoms with E-state index >= 15 is 0 Å². The highest BCUT2D eigenvalue weighted by Gasteiger charge is 2.24. The summed E-state index contributed by atoms with van der Waals surface area (Å²) >= 11 is 11.4. The van der Waals surface area contributed by atoms with Gasteiger partial charge < -0.3 is 0 Å². The minimum Gasteiger partial charge on any atom is -0.126 e. The van der Waals surface area contributed by atoms with E-state index in [-0.39, 0.29) is 0 Å². The third-order valence-corrected chi connectivity index (χ3v) is 5.95. The number of thioether (sulfide) groups is 1. The van der Waals surface area contributed by atoms with Crippen LogP contribution in [0, 0.1) is 5.41 Å². The van der Waals surface area contributed by atoms with Gasteiger partial charge in [0, 0.05) is 21.0 Å². The Kier molecular flexibility index (Phi) is 6.23. The third-order valence-electron chi connectivity index (χ3n) is 3.14. The van der Waals surface area contributed by atoms with Crippen molar-refractivity contribution in [1.82, 2.24) is 0 Å². The van der Waals surface area contributed by atoms with E-state index in [1.54, 1.807) is 0 Å². The molecule has 3 heteroatoms. The van der Waals surface area contributed by atoms with Gasteiger partial charge in [0.2, 0.25) is 0 Å². The number of halogens is 2. The number of benzene rings is 1. The van der Waals surface area contributed by atoms with E-state index in [0.717, 1.165) is 16.1 Å². The average Bonchev–Trinajstić information content (AvgIpc) is 2.34. The minimum absolute atomic E-state index is 0.421. The molecule has 0 aliphatic heterocycles. The van der Waals surface area contributed by atoms with Crippen molar-refractivity contribution < 1.29 is 0 Å². The molecule has 0 fully saturated rings. The lowest BCUT2D eigenvalue weighted by atomic mass is 9.87. The Morgan fingerprint density at radius 1 is 1.19 bits per heavy atom. The fraction of sp³-hybridized carbons (Fsp3) is 0.538. The maximum absolute atomic E-state index is 5.87. The molecule has 0 saturated heterocycles. The Bertz CT molecular complexity index is 298. The fourth-order valence-corrected chi connectivity index (χ4v) is 4.14. The summed E-state index contributed by atoms with van der Waals surface area (Å²) in [5.41, 5.74) is 0.421. The quantitative estimate of drug-likeness (QED) is 0.483. The monoisotopic (exact) mass is 320 g/mol. The predicted octanol–water partition coefficient (Wildman–Crippen LogP) is 5.63. The smallest absolute Gasteiger partial charge is 0.0406 e. The molecule has 0 unspecified atom stereocenters. The van der Waals surface area contributed by atoms with E-state index in [2.05, 4.69) is 41.9 Å². The molecule has 0 amide bonds. The Balaban J connectivity index is 2.58. The summed E-state index contributed by atoms with van der Waals surface area (Å²) in [6.07, 6.45) is 2.44. The highest BCUT2D eigenvalue weighted by atomic mass is 79.9. The van der Waals surface area contributed by atoms with Crippen LogP contribution in [0.25, 0.3) is 0 Å². The molecule has 1 aromatic carbocycles. The molecule has 0 aliphatic carbocycles. The summed E-state index contributed by atoms with van der Waals surface area (Å²) < 4.78 is 0. The lowest BCUT2D eigenvalue weighted by Crippen LogP contribution is -2.23. The SMILES string of the molecule is CCC(CC)(CBr)CSc1ccc(Cl)cc1. The summed E-state index contributed by atoms with van der Waals surface area (Å²) in [7, 11) is 0. The number of hydrogen-bond acceptors (Lipinski definition) is 1. The molecule has 0 heterocycles. The van der Waals surface area contributed by atoms with Crippen LogP contribution in [0.15, 0.2) is 29.2 Å². The van der Waals surface area contributed by atoms with Gasteiger partial charge in [0.05, 0.1) is 0 Å². The summed E-state index contributed by atoms with van der Waals surface area (Å²) in [5, 5.41) is 1.88. The van der Waals surface area contributed by atoms with E-state index in [4.69, 9.17) is 11.6 Å². The molecule has 1 aromatic rings. The summed E-state index contributed by atoms with van der Waals surface area (Å²) in [6, 6.07) is 8.10. The Morgan fingerprint density at radius 2 is 1.75 bits per heavy atom. The van der Waals surface area contributed by atoms with Gasteiger partial charge in [0.25, 0.3) is 0 Å². The molecule has 0 N–H and O–H groups in total. The van der Waals surface area contributed by atoms with Gasteiger partial charge in [0.1, 0.15) is 0 Å². The number of alkyl halides is 1. The van der Waals surface area contributed by atoms with Gasteiger partial charge in [-0.15, -0.1) is 11.8 Å². The molecule has 0 spiro atoms. The second-order valence-corrected chi connectivity index (χ2v) is 6.13. The van der Waals surface area contributed by atoms with Crippen molar-refractivity contribution in [2.75, 3.05) is 11.1 Å². The maximum Gasteiger partial charge on any atom is 0.0406 e. The second kappa shape index (κ2) is 6.93. The zero-order valence-corrected chi connectivity index (χ0v) is 13.0. The Morgan fingerprint density at radius 3 is 2.19 bits per heavy atom. The third kappa shape index (κ3) is 3.97. The van der Waals surface area contributed by atoms with Gasteiger partial charge in [-0.1, -0.05) is 41.4 Å². The van der Waals surface area contributed by atoms with Crippen LogP contribution in [0.2, 0.25) is 5.02 Å². The van der Waals surface area contributed by atoms with Gasteiger partial charge in [-0.05, 0) is 42.5 Å². The lowest BCUT2D eigenvalue weighted by Gasteiger charge is -2.29. The first-order valence-electron chi connectivity index (χ1n) is 5.60. The molecule has 0 nitrogen and oxygen atoms in total. The van der Waals surface area contributed by atoms with Crippen molar-refractivity contribution in [3.63, 3.8) is 0 Å². The van der Waals surface area contributed by atoms with Crippen LogP contribution in [0.3, 0.4) is 0 Å². The first-order chi connectivity index (χ1) is 7.65. The molecule has 16 heavy (non-hydrogen) atoms. The summed E-state index contributed by atoms with van der Waals surface area (Å²) in [5.74, 6) is 1.16. The van der Waals surface area contributed by atoms with Crippen molar-refractivity contribution in [2.24, 2.45) is 5.41 Å². The van der Waals surface area contributed by atoms with Crippen molar-refractivity contribution >= 4 is 39.3 Å². The molecule has 0 aromatic heterocycles. The Labute approximate surface area is 116 Å². The van der Waals surface area contributed by atoms with E-state index < -0.39 is 0 Å². The topological polar surface area (TPSA) is 0 Å². The zero-order valence-electron chi connectivity index (χ0n) is 9.80. The van der Waals surface area contributed by atoms with Gasteiger partial charge >= 0.3 is 0 Å². The normalized spacial score (nSPS) is 11.8. The first-order valence-corrected chi connectivity index (χ1v) is 8.08. The van der Waals surface area contributed by atoms with Crippen LogP contribution in [-0.4, -0.2) is 11.1 Å². The molecule has 0 aliphatic rings. The van der Waals surface area contributed by atoms with Crippen LogP contribution in [0.5, 0.6) is 0 Å². The van der Waals surface area contributed by atoms with Gasteiger partial charge in [0.15, 0.2) is 0 Å². The largest absolute Gasteiger partial charge is 0.126 e. The van der Waals surface area contributed by atoms with Crippen molar-refractivity contribution in [2.45, 2.75) is 31.6 Å². The average molecular weight is 322 g/mol. The standard InChI is InChI=1S/C13H18BrClS/c1-3-13(4-2,9-14)10-16-12-7-5-11(15)6-8-12/h5-8H,3-4,9-10H2,1-2H3. The van der Waals surface area contributed by atoms with Crippen molar-refractivity contribution in [3.8, 4) is 0 Å². The van der Waals surface area contributed by atoms with Crippen LogP contribution in [0.4, 0.5) is 0 Å². The summed E-state index contributed by atoms with van der Waals surface area (Å²) in [4.78, 5) is 1.30. The van der Waals surface area contributed by atoms with Crippen LogP contribution < -0.4 is 0 Å². The molecule has 90 valence electrons. The molecule has 1 rings (SSSR count). The van der Waals surface area contributed by atoms with Crippen LogP contribution in [-0.2, 0) is 0 Å². The second-order valence-electron chi connectivity index (χ2n) is 4.08. The van der Waals surface area contributed by atoms with E-state index in [1.165, 1.54) is 17.7 Å².